The molecule has 0 aliphatic carbocycles. The molecule has 1 saturated heterocycles. The third kappa shape index (κ3) is 22.1. The van der Waals surface area contributed by atoms with Crippen molar-refractivity contribution in [1.82, 2.24) is 26.2 Å². The van der Waals surface area contributed by atoms with Gasteiger partial charge in [0, 0.05) is 19.4 Å². The highest BCUT2D eigenvalue weighted by Crippen LogP contribution is 2.22. The molecule has 0 saturated carbocycles. The van der Waals surface area contributed by atoms with E-state index in [0.717, 1.165) is 25.7 Å². The maximum Gasteiger partial charge on any atom is 0.326 e. The van der Waals surface area contributed by atoms with Gasteiger partial charge in [-0.1, -0.05) is 143 Å². The fourth-order valence-electron chi connectivity index (χ4n) is 8.43. The Morgan fingerprint density at radius 3 is 1.81 bits per heavy atom. The molecule has 1 heterocycles. The predicted molar refractivity (Wildman–Crippen MR) is 253 cm³/mol. The van der Waals surface area contributed by atoms with E-state index in [1.54, 1.807) is 19.1 Å². The molecular formula is C50H86N6O8. The van der Waals surface area contributed by atoms with E-state index in [4.69, 9.17) is 5.73 Å². The highest BCUT2D eigenvalue weighted by atomic mass is 16.4. The fraction of sp³-hybridized carbons (Fsp3) is 0.760. The van der Waals surface area contributed by atoms with Crippen molar-refractivity contribution in [2.45, 2.75) is 219 Å². The van der Waals surface area contributed by atoms with Crippen molar-refractivity contribution in [1.29, 1.82) is 0 Å². The maximum atomic E-state index is 14.2. The number of unbranched alkanes of at least 4 members (excludes halogenated alkanes) is 15. The smallest absolute Gasteiger partial charge is 0.326 e. The van der Waals surface area contributed by atoms with Crippen LogP contribution in [0.3, 0.4) is 0 Å². The number of rotatable bonds is 35. The SMILES string of the molecule is CCCCCCCCCCCCCCCCCC(=O)N[C@@H](CCCCN)C(=O)N1CCC[C@H]1C(=O)N[C@@H](Cc1ccc(O)cc1)C(=O)N[C@H](C(=O)N[C@@H](CC(C)C)C(=O)O)[C@H](C)CC. The van der Waals surface area contributed by atoms with E-state index in [9.17, 15) is 39.0 Å². The summed E-state index contributed by atoms with van der Waals surface area (Å²) in [5, 5.41) is 30.9. The predicted octanol–water partition coefficient (Wildman–Crippen LogP) is 7.43. The monoisotopic (exact) mass is 899 g/mol. The highest BCUT2D eigenvalue weighted by molar-refractivity contribution is 5.96. The summed E-state index contributed by atoms with van der Waals surface area (Å²) in [6.07, 6.45) is 22.1. The summed E-state index contributed by atoms with van der Waals surface area (Å²) >= 11 is 0. The number of amides is 5. The lowest BCUT2D eigenvalue weighted by molar-refractivity contribution is -0.143. The van der Waals surface area contributed by atoms with Gasteiger partial charge in [0.2, 0.25) is 29.5 Å². The van der Waals surface area contributed by atoms with Gasteiger partial charge in [0.25, 0.3) is 0 Å². The molecule has 0 spiro atoms. The molecule has 5 amide bonds. The van der Waals surface area contributed by atoms with Crippen molar-refractivity contribution in [2.75, 3.05) is 13.1 Å². The fourth-order valence-corrected chi connectivity index (χ4v) is 8.43. The van der Waals surface area contributed by atoms with Crippen molar-refractivity contribution >= 4 is 35.5 Å². The Morgan fingerprint density at radius 2 is 1.28 bits per heavy atom. The zero-order valence-electron chi connectivity index (χ0n) is 40.1. The molecule has 0 unspecified atom stereocenters. The Bertz CT molecular complexity index is 1520. The lowest BCUT2D eigenvalue weighted by Crippen LogP contribution is -2.60. The van der Waals surface area contributed by atoms with E-state index in [-0.39, 0.29) is 42.2 Å². The molecule has 14 nitrogen and oxygen atoms in total. The topological polar surface area (TPSA) is 220 Å². The second kappa shape index (κ2) is 32.5. The van der Waals surface area contributed by atoms with E-state index >= 15 is 0 Å². The van der Waals surface area contributed by atoms with Crippen LogP contribution in [0.15, 0.2) is 24.3 Å². The number of hydrogen-bond acceptors (Lipinski definition) is 8. The van der Waals surface area contributed by atoms with Crippen LogP contribution in [-0.4, -0.2) is 93.9 Å². The molecule has 8 N–H and O–H groups in total. The molecule has 0 radical (unpaired) electrons. The van der Waals surface area contributed by atoms with Crippen LogP contribution < -0.4 is 27.0 Å². The average molecular weight is 899 g/mol. The first-order valence-electron chi connectivity index (χ1n) is 24.9. The van der Waals surface area contributed by atoms with Gasteiger partial charge in [-0.05, 0) is 81.0 Å². The molecule has 6 atom stereocenters. The van der Waals surface area contributed by atoms with Crippen LogP contribution >= 0.6 is 0 Å². The summed E-state index contributed by atoms with van der Waals surface area (Å²) in [5.74, 6) is -3.90. The van der Waals surface area contributed by atoms with E-state index in [1.165, 1.54) is 87.7 Å². The van der Waals surface area contributed by atoms with Crippen molar-refractivity contribution in [2.24, 2.45) is 17.6 Å². The molecule has 1 fully saturated rings. The van der Waals surface area contributed by atoms with Crippen LogP contribution in [0.5, 0.6) is 5.75 Å². The first kappa shape index (κ1) is 55.9. The number of nitrogens with two attached hydrogens (primary N) is 1. The van der Waals surface area contributed by atoms with Crippen LogP contribution in [0.4, 0.5) is 0 Å². The van der Waals surface area contributed by atoms with Crippen LogP contribution in [0, 0.1) is 11.8 Å². The molecule has 2 rings (SSSR count). The molecule has 64 heavy (non-hydrogen) atoms. The van der Waals surface area contributed by atoms with Gasteiger partial charge in [-0.25, -0.2) is 4.79 Å². The van der Waals surface area contributed by atoms with Gasteiger partial charge in [0.05, 0.1) is 0 Å². The Kier molecular flexibility index (Phi) is 28.4. The Balaban J connectivity index is 2.07. The number of phenolic OH excluding ortho intramolecular Hbond substituents is 1. The Morgan fingerprint density at radius 1 is 0.703 bits per heavy atom. The standard InChI is InChI=1S/C50H86N6O8/c1-6-8-9-10-11-12-13-14-15-16-17-18-19-20-21-27-44(58)52-40(25-22-23-32-51)49(62)56-33-24-26-43(56)47(60)53-41(35-38-28-30-39(57)31-29-38)46(59)55-45(37(5)7-2)48(61)54-42(50(63)64)34-36(3)4/h28-31,36-37,40-43,45,57H,6-27,32-35,51H2,1-5H3,(H,52,58)(H,53,60)(H,54,61)(H,55,59)(H,63,64)/t37-,40+,41+,42+,43+,45+/m1/s1. The first-order chi connectivity index (χ1) is 30.7. The number of aromatic hydroxyl groups is 1. The minimum atomic E-state index is -1.19. The second-order valence-corrected chi connectivity index (χ2v) is 18.6. The van der Waals surface area contributed by atoms with Crippen molar-refractivity contribution < 1.29 is 39.0 Å². The molecular weight excluding hydrogens is 813 g/mol. The van der Waals surface area contributed by atoms with Crippen molar-refractivity contribution in [3.8, 4) is 5.75 Å². The van der Waals surface area contributed by atoms with E-state index in [2.05, 4.69) is 28.2 Å². The minimum Gasteiger partial charge on any atom is -0.508 e. The number of nitrogens with one attached hydrogen (secondary N) is 4. The molecule has 0 aromatic heterocycles. The molecule has 1 aliphatic rings. The van der Waals surface area contributed by atoms with E-state index < -0.39 is 53.9 Å². The first-order valence-corrected chi connectivity index (χ1v) is 24.9. The number of aliphatic carboxylic acids is 1. The normalized spacial score (nSPS) is 16.1. The minimum absolute atomic E-state index is 0.00822. The number of carbonyl (C=O) groups is 6. The third-order valence-electron chi connectivity index (χ3n) is 12.6. The Labute approximate surface area is 384 Å². The molecule has 1 aromatic rings. The third-order valence-corrected chi connectivity index (χ3v) is 12.6. The van der Waals surface area contributed by atoms with Crippen molar-refractivity contribution in [3.63, 3.8) is 0 Å². The summed E-state index contributed by atoms with van der Waals surface area (Å²) in [5.41, 5.74) is 6.40. The van der Waals surface area contributed by atoms with Crippen LogP contribution in [-0.2, 0) is 35.2 Å². The van der Waals surface area contributed by atoms with Crippen LogP contribution in [0.1, 0.15) is 188 Å². The van der Waals surface area contributed by atoms with Gasteiger partial charge in [0.15, 0.2) is 0 Å². The number of nitrogens with zero attached hydrogens (tertiary/aromatic N) is 1. The summed E-state index contributed by atoms with van der Waals surface area (Å²) in [4.78, 5) is 82.7. The number of benzene rings is 1. The zero-order valence-corrected chi connectivity index (χ0v) is 40.1. The van der Waals surface area contributed by atoms with E-state index in [1.807, 2.05) is 20.8 Å². The molecule has 364 valence electrons. The summed E-state index contributed by atoms with van der Waals surface area (Å²) in [6.45, 7) is 10.4. The number of hydrogen-bond donors (Lipinski definition) is 7. The Hall–Kier alpha value is -4.20. The van der Waals surface area contributed by atoms with Gasteiger partial charge in [0.1, 0.15) is 36.0 Å². The van der Waals surface area contributed by atoms with Gasteiger partial charge in [-0.3, -0.25) is 24.0 Å². The lowest BCUT2D eigenvalue weighted by Gasteiger charge is -2.31. The van der Waals surface area contributed by atoms with Gasteiger partial charge in [-0.2, -0.15) is 0 Å². The average Bonchev–Trinajstić information content (AvgIpc) is 3.76. The van der Waals surface area contributed by atoms with Crippen molar-refractivity contribution in [3.05, 3.63) is 29.8 Å². The second-order valence-electron chi connectivity index (χ2n) is 18.6. The quantitative estimate of drug-likeness (QED) is 0.0336. The molecule has 1 aliphatic heterocycles. The highest BCUT2D eigenvalue weighted by Gasteiger charge is 2.39. The summed E-state index contributed by atoms with van der Waals surface area (Å²) in [7, 11) is 0. The molecule has 0 bridgehead atoms. The summed E-state index contributed by atoms with van der Waals surface area (Å²) < 4.78 is 0. The molecule has 14 heteroatoms. The lowest BCUT2D eigenvalue weighted by atomic mass is 9.96. The number of carboxylic acids is 1. The number of likely N-dealkylation sites (tertiary alicyclic amines) is 1. The summed E-state index contributed by atoms with van der Waals surface area (Å²) in [6, 6.07) is 1.06. The van der Waals surface area contributed by atoms with Crippen LogP contribution in [0.2, 0.25) is 0 Å². The van der Waals surface area contributed by atoms with Crippen LogP contribution in [0.25, 0.3) is 0 Å². The largest absolute Gasteiger partial charge is 0.508 e. The van der Waals surface area contributed by atoms with Gasteiger partial charge >= 0.3 is 5.97 Å². The zero-order chi connectivity index (χ0) is 47.3. The number of phenols is 1. The maximum absolute atomic E-state index is 14.2. The van der Waals surface area contributed by atoms with E-state index in [0.29, 0.717) is 63.6 Å². The number of carboxylic acid groups (broad SMARTS) is 1. The number of carbonyl (C=O) groups excluding carboxylic acids is 5. The van der Waals surface area contributed by atoms with Gasteiger partial charge in [-0.15, -0.1) is 0 Å². The van der Waals surface area contributed by atoms with Gasteiger partial charge < -0.3 is 42.1 Å². The molecule has 1 aromatic carbocycles.